The van der Waals surface area contributed by atoms with Crippen LogP contribution in [0.15, 0.2) is 29.4 Å². The van der Waals surface area contributed by atoms with E-state index in [1.807, 2.05) is 17.0 Å². The van der Waals surface area contributed by atoms with E-state index in [0.29, 0.717) is 31.6 Å². The Balaban J connectivity index is 1.57. The van der Waals surface area contributed by atoms with Crippen molar-refractivity contribution in [2.75, 3.05) is 19.6 Å². The van der Waals surface area contributed by atoms with Crippen LogP contribution in [0.4, 0.5) is 4.39 Å². The molecule has 0 radical (unpaired) electrons. The highest BCUT2D eigenvalue weighted by molar-refractivity contribution is 6.39. The summed E-state index contributed by atoms with van der Waals surface area (Å²) in [6.45, 7) is 6.38. The van der Waals surface area contributed by atoms with Crippen molar-refractivity contribution in [1.82, 2.24) is 15.2 Å². The summed E-state index contributed by atoms with van der Waals surface area (Å²) in [5.41, 5.74) is 3.93. The molecule has 2 heterocycles. The molecule has 140 valence electrons. The zero-order valence-electron chi connectivity index (χ0n) is 15.2. The number of piperazine rings is 1. The van der Waals surface area contributed by atoms with Crippen LogP contribution in [-0.4, -0.2) is 59.0 Å². The van der Waals surface area contributed by atoms with Crippen LogP contribution in [0.2, 0.25) is 0 Å². The van der Waals surface area contributed by atoms with Crippen molar-refractivity contribution < 1.29 is 14.0 Å². The standard InChI is InChI=1S/C19H25FN4O2/c1-13-11-23(19(26)17-7-8-18(25)22-21-17)12-14(2)24(13)10-9-15-3-5-16(20)6-4-15/h3-6,13-14H,7-12H2,1-2H3,(H,22,25). The Labute approximate surface area is 153 Å². The molecule has 0 bridgehead atoms. The van der Waals surface area contributed by atoms with Gasteiger partial charge in [-0.2, -0.15) is 5.10 Å². The maximum Gasteiger partial charge on any atom is 0.270 e. The Kier molecular flexibility index (Phi) is 5.66. The second-order valence-corrected chi connectivity index (χ2v) is 7.12. The zero-order valence-corrected chi connectivity index (χ0v) is 15.2. The fourth-order valence-electron chi connectivity index (χ4n) is 3.68. The Bertz CT molecular complexity index is 692. The molecule has 6 nitrogen and oxygen atoms in total. The monoisotopic (exact) mass is 360 g/mol. The molecule has 0 saturated carbocycles. The lowest BCUT2D eigenvalue weighted by Crippen LogP contribution is -2.59. The number of hydrogen-bond acceptors (Lipinski definition) is 4. The molecule has 1 saturated heterocycles. The first-order chi connectivity index (χ1) is 12.4. The minimum atomic E-state index is -0.218. The molecule has 2 aliphatic heterocycles. The van der Waals surface area contributed by atoms with Gasteiger partial charge < -0.3 is 4.90 Å². The van der Waals surface area contributed by atoms with Crippen LogP contribution in [0, 0.1) is 5.82 Å². The van der Waals surface area contributed by atoms with Gasteiger partial charge in [0, 0.05) is 44.6 Å². The van der Waals surface area contributed by atoms with Gasteiger partial charge in [0.05, 0.1) is 0 Å². The third kappa shape index (κ3) is 4.27. The molecule has 2 amide bonds. The lowest BCUT2D eigenvalue weighted by atomic mass is 10.0. The second kappa shape index (κ2) is 7.95. The van der Waals surface area contributed by atoms with Crippen LogP contribution in [0.5, 0.6) is 0 Å². The maximum absolute atomic E-state index is 13.0. The van der Waals surface area contributed by atoms with E-state index >= 15 is 0 Å². The lowest BCUT2D eigenvalue weighted by molar-refractivity contribution is -0.128. The van der Waals surface area contributed by atoms with Crippen LogP contribution in [0.25, 0.3) is 0 Å². The van der Waals surface area contributed by atoms with Gasteiger partial charge in [0.2, 0.25) is 5.91 Å². The summed E-state index contributed by atoms with van der Waals surface area (Å²) in [4.78, 5) is 28.1. The normalized spacial score (nSPS) is 24.2. The summed E-state index contributed by atoms with van der Waals surface area (Å²) in [6, 6.07) is 7.06. The van der Waals surface area contributed by atoms with Crippen molar-refractivity contribution >= 4 is 17.5 Å². The third-order valence-electron chi connectivity index (χ3n) is 5.11. The third-order valence-corrected chi connectivity index (χ3v) is 5.11. The molecule has 1 aromatic carbocycles. The quantitative estimate of drug-likeness (QED) is 0.886. The molecule has 1 fully saturated rings. The average molecular weight is 360 g/mol. The number of carbonyl (C=O) groups excluding carboxylic acids is 2. The van der Waals surface area contributed by atoms with Gasteiger partial charge in [0.25, 0.3) is 5.91 Å². The Morgan fingerprint density at radius 1 is 1.19 bits per heavy atom. The fraction of sp³-hybridized carbons (Fsp3) is 0.526. The first kappa shape index (κ1) is 18.5. The van der Waals surface area contributed by atoms with Crippen molar-refractivity contribution in [3.05, 3.63) is 35.6 Å². The van der Waals surface area contributed by atoms with Gasteiger partial charge in [-0.05, 0) is 38.0 Å². The van der Waals surface area contributed by atoms with Crippen LogP contribution in [-0.2, 0) is 16.0 Å². The second-order valence-electron chi connectivity index (χ2n) is 7.12. The summed E-state index contributed by atoms with van der Waals surface area (Å²) in [7, 11) is 0. The maximum atomic E-state index is 13.0. The van der Waals surface area contributed by atoms with E-state index in [0.717, 1.165) is 18.5 Å². The SMILES string of the molecule is CC1CN(C(=O)C2=NNC(=O)CC2)CC(C)N1CCc1ccc(F)cc1. The van der Waals surface area contributed by atoms with Crippen LogP contribution in [0.3, 0.4) is 0 Å². The summed E-state index contributed by atoms with van der Waals surface area (Å²) in [5, 5.41) is 3.92. The van der Waals surface area contributed by atoms with Crippen molar-refractivity contribution in [2.24, 2.45) is 5.10 Å². The Morgan fingerprint density at radius 2 is 1.85 bits per heavy atom. The molecular formula is C19H25FN4O2. The predicted octanol–water partition coefficient (Wildman–Crippen LogP) is 1.56. The van der Waals surface area contributed by atoms with E-state index in [1.54, 1.807) is 0 Å². The highest BCUT2D eigenvalue weighted by atomic mass is 19.1. The van der Waals surface area contributed by atoms with Crippen LogP contribution >= 0.6 is 0 Å². The highest BCUT2D eigenvalue weighted by Gasteiger charge is 2.33. The van der Waals surface area contributed by atoms with Crippen molar-refractivity contribution in [3.8, 4) is 0 Å². The van der Waals surface area contributed by atoms with Crippen molar-refractivity contribution in [2.45, 2.75) is 45.2 Å². The Morgan fingerprint density at radius 3 is 2.42 bits per heavy atom. The van der Waals surface area contributed by atoms with Gasteiger partial charge in [0.15, 0.2) is 0 Å². The zero-order chi connectivity index (χ0) is 18.7. The first-order valence-electron chi connectivity index (χ1n) is 9.09. The number of nitrogens with one attached hydrogen (secondary N) is 1. The number of nitrogens with zero attached hydrogens (tertiary/aromatic N) is 3. The summed E-state index contributed by atoms with van der Waals surface area (Å²) in [6.07, 6.45) is 1.56. The number of carbonyl (C=O) groups is 2. The van der Waals surface area contributed by atoms with E-state index in [2.05, 4.69) is 29.3 Å². The van der Waals surface area contributed by atoms with Crippen molar-refractivity contribution in [3.63, 3.8) is 0 Å². The molecule has 0 aromatic heterocycles. The van der Waals surface area contributed by atoms with E-state index in [-0.39, 0.29) is 29.7 Å². The summed E-state index contributed by atoms with van der Waals surface area (Å²) in [5.74, 6) is -0.444. The number of halogens is 1. The van der Waals surface area contributed by atoms with E-state index < -0.39 is 0 Å². The minimum Gasteiger partial charge on any atom is -0.334 e. The Hall–Kier alpha value is -2.28. The fourth-order valence-corrected chi connectivity index (χ4v) is 3.68. The number of rotatable bonds is 4. The van der Waals surface area contributed by atoms with Gasteiger partial charge in [-0.1, -0.05) is 12.1 Å². The van der Waals surface area contributed by atoms with Gasteiger partial charge >= 0.3 is 0 Å². The average Bonchev–Trinajstić information content (AvgIpc) is 2.62. The summed E-state index contributed by atoms with van der Waals surface area (Å²) < 4.78 is 13.0. The van der Waals surface area contributed by atoms with E-state index in [4.69, 9.17) is 0 Å². The minimum absolute atomic E-state index is 0.0816. The van der Waals surface area contributed by atoms with Crippen LogP contribution < -0.4 is 5.43 Å². The predicted molar refractivity (Wildman–Crippen MR) is 97.1 cm³/mol. The molecule has 1 aromatic rings. The van der Waals surface area contributed by atoms with Gasteiger partial charge in [0.1, 0.15) is 11.5 Å². The molecule has 2 aliphatic rings. The number of benzene rings is 1. The lowest BCUT2D eigenvalue weighted by Gasteiger charge is -2.44. The first-order valence-corrected chi connectivity index (χ1v) is 9.09. The molecule has 2 atom stereocenters. The number of hydrazone groups is 1. The summed E-state index contributed by atoms with van der Waals surface area (Å²) >= 11 is 0. The number of amides is 2. The molecule has 26 heavy (non-hydrogen) atoms. The number of hydrogen-bond donors (Lipinski definition) is 1. The molecule has 2 unspecified atom stereocenters. The van der Waals surface area contributed by atoms with E-state index in [1.165, 1.54) is 12.1 Å². The van der Waals surface area contributed by atoms with Gasteiger partial charge in [-0.3, -0.25) is 14.5 Å². The molecular weight excluding hydrogens is 335 g/mol. The topological polar surface area (TPSA) is 65.0 Å². The van der Waals surface area contributed by atoms with E-state index in [9.17, 15) is 14.0 Å². The molecule has 7 heteroatoms. The molecule has 3 rings (SSSR count). The highest BCUT2D eigenvalue weighted by Crippen LogP contribution is 2.18. The van der Waals surface area contributed by atoms with Gasteiger partial charge in [-0.15, -0.1) is 0 Å². The largest absolute Gasteiger partial charge is 0.334 e. The smallest absolute Gasteiger partial charge is 0.270 e. The van der Waals surface area contributed by atoms with Crippen molar-refractivity contribution in [1.29, 1.82) is 0 Å². The molecule has 0 spiro atoms. The van der Waals surface area contributed by atoms with Crippen LogP contribution in [0.1, 0.15) is 32.3 Å². The van der Waals surface area contributed by atoms with Gasteiger partial charge in [-0.25, -0.2) is 9.82 Å². The molecule has 1 N–H and O–H groups in total. The molecule has 0 aliphatic carbocycles.